The highest BCUT2D eigenvalue weighted by Crippen LogP contribution is 2.45. The van der Waals surface area contributed by atoms with E-state index in [0.717, 1.165) is 48.1 Å². The second-order valence-corrected chi connectivity index (χ2v) is 9.15. The molecule has 0 radical (unpaired) electrons. The fraction of sp³-hybridized carbons (Fsp3) is 0.400. The fourth-order valence-electron chi connectivity index (χ4n) is 6.34. The third-order valence-electron chi connectivity index (χ3n) is 7.64. The van der Waals surface area contributed by atoms with Gasteiger partial charge in [-0.2, -0.15) is 0 Å². The number of ketones is 1. The van der Waals surface area contributed by atoms with Crippen molar-refractivity contribution in [2.45, 2.75) is 50.2 Å². The second-order valence-electron chi connectivity index (χ2n) is 9.15. The van der Waals surface area contributed by atoms with E-state index >= 15 is 0 Å². The lowest BCUT2D eigenvalue weighted by Gasteiger charge is -2.34. The number of amides is 2. The smallest absolute Gasteiger partial charge is 0.256 e. The number of hydrogen-bond acceptors (Lipinski definition) is 4. The van der Waals surface area contributed by atoms with Crippen molar-refractivity contribution in [2.24, 2.45) is 11.8 Å². The number of carbonyl (C=O) groups excluding carboxylic acids is 3. The average Bonchev–Trinajstić information content (AvgIpc) is 3.50. The van der Waals surface area contributed by atoms with Gasteiger partial charge in [0.15, 0.2) is 11.8 Å². The molecule has 1 aliphatic carbocycles. The van der Waals surface area contributed by atoms with Crippen molar-refractivity contribution >= 4 is 23.7 Å². The van der Waals surface area contributed by atoms with Crippen LogP contribution >= 0.6 is 0 Å². The molecule has 6 nitrogen and oxygen atoms in total. The molecule has 1 N–H and O–H groups in total. The van der Waals surface area contributed by atoms with Crippen molar-refractivity contribution in [1.29, 1.82) is 0 Å². The van der Waals surface area contributed by atoms with Gasteiger partial charge in [-0.3, -0.25) is 24.2 Å². The van der Waals surface area contributed by atoms with E-state index in [-0.39, 0.29) is 35.4 Å². The summed E-state index contributed by atoms with van der Waals surface area (Å²) >= 11 is 0. The van der Waals surface area contributed by atoms with Crippen LogP contribution in [0.5, 0.6) is 0 Å². The Balaban J connectivity index is 1.47. The van der Waals surface area contributed by atoms with Crippen molar-refractivity contribution in [3.8, 4) is 0 Å². The summed E-state index contributed by atoms with van der Waals surface area (Å²) in [6, 6.07) is 10.4. The molecule has 5 atom stereocenters. The predicted molar refractivity (Wildman–Crippen MR) is 112 cm³/mol. The van der Waals surface area contributed by atoms with E-state index in [2.05, 4.69) is 0 Å². The topological polar surface area (TPSA) is 72.0 Å². The van der Waals surface area contributed by atoms with Crippen LogP contribution in [-0.4, -0.2) is 34.6 Å². The number of imide groups is 1. The van der Waals surface area contributed by atoms with E-state index < -0.39 is 17.9 Å². The molecular weight excluding hydrogens is 392 g/mol. The maximum absolute atomic E-state index is 13.7. The molecule has 1 aromatic carbocycles. The highest BCUT2D eigenvalue weighted by atomic mass is 16.3. The number of benzene rings is 1. The van der Waals surface area contributed by atoms with Gasteiger partial charge in [-0.05, 0) is 36.6 Å². The summed E-state index contributed by atoms with van der Waals surface area (Å²) in [5.74, 6) is -1.38. The first-order valence-corrected chi connectivity index (χ1v) is 11.2. The highest BCUT2D eigenvalue weighted by Gasteiger charge is 2.68. The first-order chi connectivity index (χ1) is 15.2. The zero-order valence-electron chi connectivity index (χ0n) is 17.2. The van der Waals surface area contributed by atoms with Gasteiger partial charge in [0.2, 0.25) is 11.8 Å². The molecule has 2 aromatic rings. The minimum Gasteiger partial charge on any atom is -0.461 e. The highest BCUT2D eigenvalue weighted by molar-refractivity contribution is 6.10. The van der Waals surface area contributed by atoms with Gasteiger partial charge in [0, 0.05) is 11.6 Å². The first kappa shape index (κ1) is 18.8. The summed E-state index contributed by atoms with van der Waals surface area (Å²) in [4.78, 5) is 43.4. The van der Waals surface area contributed by atoms with E-state index in [1.807, 2.05) is 36.5 Å². The molecule has 4 aliphatic rings. The molecule has 158 valence electrons. The molecule has 1 unspecified atom stereocenters. The van der Waals surface area contributed by atoms with Gasteiger partial charge in [-0.25, -0.2) is 0 Å². The summed E-state index contributed by atoms with van der Waals surface area (Å²) < 4.78 is 5.41. The zero-order valence-corrected chi connectivity index (χ0v) is 17.2. The number of quaternary nitrogens is 1. The number of nitrogens with zero attached hydrogens (tertiary/aromatic N) is 1. The summed E-state index contributed by atoms with van der Waals surface area (Å²) in [7, 11) is 0. The largest absolute Gasteiger partial charge is 0.461 e. The third kappa shape index (κ3) is 2.64. The van der Waals surface area contributed by atoms with Crippen molar-refractivity contribution in [1.82, 2.24) is 4.90 Å². The Morgan fingerprint density at radius 3 is 2.52 bits per heavy atom. The number of hydrogen-bond donors (Lipinski definition) is 1. The lowest BCUT2D eigenvalue weighted by Crippen LogP contribution is -3.12. The number of Topliss-reactive ketones (excluding diaryl/α,β-unsaturated/α-hetero) is 1. The van der Waals surface area contributed by atoms with E-state index in [1.165, 1.54) is 11.2 Å². The molecule has 2 amide bonds. The summed E-state index contributed by atoms with van der Waals surface area (Å²) in [5, 5.41) is 0. The molecule has 2 saturated heterocycles. The quantitative estimate of drug-likeness (QED) is 0.615. The predicted octanol–water partition coefficient (Wildman–Crippen LogP) is 2.39. The SMILES string of the molecule is O=C(c1ccco1)[C@H]1[C@@H]2C(=O)N(C3CCCCC3)C(=O)[C@@H]2[C@@H]2c3ccccc3C=C[NH+]12. The van der Waals surface area contributed by atoms with Crippen LogP contribution in [0, 0.1) is 11.8 Å². The number of furan rings is 1. The molecule has 31 heavy (non-hydrogen) atoms. The molecule has 1 saturated carbocycles. The number of likely N-dealkylation sites (tertiary alicyclic amines) is 1. The van der Waals surface area contributed by atoms with Gasteiger partial charge in [0.1, 0.15) is 17.9 Å². The van der Waals surface area contributed by atoms with Gasteiger partial charge in [-0.1, -0.05) is 43.5 Å². The van der Waals surface area contributed by atoms with Crippen LogP contribution in [0.3, 0.4) is 0 Å². The number of nitrogens with one attached hydrogen (secondary N) is 1. The second kappa shape index (κ2) is 7.02. The standard InChI is InChI=1S/C25H24N2O4/c28-23(18-11-6-14-31-18)22-20-19(21-17-10-5-4-7-15(17)12-13-26(21)22)24(29)27(25(20)30)16-8-2-1-3-9-16/h4-7,10-14,16,19-22H,1-3,8-9H2/p+1/t19-,20+,21-,22+/m0/s1. The third-order valence-corrected chi connectivity index (χ3v) is 7.64. The Bertz CT molecular complexity index is 1080. The number of rotatable bonds is 3. The molecule has 4 heterocycles. The average molecular weight is 417 g/mol. The van der Waals surface area contributed by atoms with E-state index in [1.54, 1.807) is 12.1 Å². The maximum atomic E-state index is 13.7. The zero-order chi connectivity index (χ0) is 21.1. The molecular formula is C25H25N2O4+. The van der Waals surface area contributed by atoms with Crippen molar-refractivity contribution in [3.05, 3.63) is 65.7 Å². The molecule has 0 bridgehead atoms. The minimum absolute atomic E-state index is 0.0310. The van der Waals surface area contributed by atoms with Crippen molar-refractivity contribution < 1.29 is 23.7 Å². The Morgan fingerprint density at radius 2 is 1.74 bits per heavy atom. The Hall–Kier alpha value is -2.99. The van der Waals surface area contributed by atoms with Gasteiger partial charge >= 0.3 is 0 Å². The Kier molecular flexibility index (Phi) is 4.25. The molecule has 6 rings (SSSR count). The van der Waals surface area contributed by atoms with Crippen LogP contribution in [0.2, 0.25) is 0 Å². The first-order valence-electron chi connectivity index (χ1n) is 11.2. The monoisotopic (exact) mass is 417 g/mol. The molecule has 3 fully saturated rings. The van der Waals surface area contributed by atoms with Crippen LogP contribution in [-0.2, 0) is 9.59 Å². The minimum atomic E-state index is -0.657. The van der Waals surface area contributed by atoms with E-state index in [4.69, 9.17) is 4.42 Å². The molecule has 3 aliphatic heterocycles. The van der Waals surface area contributed by atoms with Crippen LogP contribution < -0.4 is 4.90 Å². The lowest BCUT2D eigenvalue weighted by atomic mass is 9.84. The number of fused-ring (bicyclic) bond motifs is 5. The van der Waals surface area contributed by atoms with Crippen LogP contribution in [0.1, 0.15) is 59.8 Å². The molecule has 6 heteroatoms. The summed E-state index contributed by atoms with van der Waals surface area (Å²) in [6.07, 6.45) is 10.4. The molecule has 0 spiro atoms. The van der Waals surface area contributed by atoms with Crippen LogP contribution in [0.15, 0.2) is 53.3 Å². The normalized spacial score (nSPS) is 32.1. The van der Waals surface area contributed by atoms with Crippen LogP contribution in [0.4, 0.5) is 0 Å². The van der Waals surface area contributed by atoms with Crippen molar-refractivity contribution in [2.75, 3.05) is 0 Å². The maximum Gasteiger partial charge on any atom is 0.256 e. The lowest BCUT2D eigenvalue weighted by molar-refractivity contribution is -0.884. The van der Waals surface area contributed by atoms with E-state index in [9.17, 15) is 14.4 Å². The Morgan fingerprint density at radius 1 is 0.968 bits per heavy atom. The summed E-state index contributed by atoms with van der Waals surface area (Å²) in [5.41, 5.74) is 2.09. The Labute approximate surface area is 180 Å². The summed E-state index contributed by atoms with van der Waals surface area (Å²) in [6.45, 7) is 0. The van der Waals surface area contributed by atoms with Crippen LogP contribution in [0.25, 0.3) is 6.08 Å². The number of carbonyl (C=O) groups is 3. The van der Waals surface area contributed by atoms with Gasteiger partial charge in [0.05, 0.1) is 12.5 Å². The van der Waals surface area contributed by atoms with E-state index in [0.29, 0.717) is 0 Å². The van der Waals surface area contributed by atoms with Gasteiger partial charge in [-0.15, -0.1) is 0 Å². The van der Waals surface area contributed by atoms with Gasteiger partial charge < -0.3 is 4.42 Å². The molecule has 1 aromatic heterocycles. The fourth-order valence-corrected chi connectivity index (χ4v) is 6.34. The van der Waals surface area contributed by atoms with Gasteiger partial charge in [0.25, 0.3) is 5.78 Å². The van der Waals surface area contributed by atoms with Crippen molar-refractivity contribution in [3.63, 3.8) is 0 Å².